The Morgan fingerprint density at radius 1 is 1.16 bits per heavy atom. The number of ether oxygens (including phenoxy) is 1. The lowest BCUT2D eigenvalue weighted by atomic mass is 10.2. The summed E-state index contributed by atoms with van der Waals surface area (Å²) >= 11 is 1.15. The number of amides is 1. The van der Waals surface area contributed by atoms with Gasteiger partial charge in [0.15, 0.2) is 0 Å². The molecule has 25 heavy (non-hydrogen) atoms. The Bertz CT molecular complexity index is 756. The monoisotopic (exact) mass is 382 g/mol. The van der Waals surface area contributed by atoms with Crippen molar-refractivity contribution in [1.82, 2.24) is 10.0 Å². The van der Waals surface area contributed by atoms with Gasteiger partial charge in [-0.25, -0.2) is 13.1 Å². The first-order valence-corrected chi connectivity index (χ1v) is 10.3. The third-order valence-corrected chi connectivity index (χ3v) is 6.20. The summed E-state index contributed by atoms with van der Waals surface area (Å²) in [4.78, 5) is 11.7. The predicted molar refractivity (Wildman–Crippen MR) is 98.4 cm³/mol. The molecule has 1 heterocycles. The van der Waals surface area contributed by atoms with Crippen LogP contribution in [0.1, 0.15) is 18.4 Å². The summed E-state index contributed by atoms with van der Waals surface area (Å²) in [6, 6.07) is 11.0. The highest BCUT2D eigenvalue weighted by Gasteiger charge is 2.13. The van der Waals surface area contributed by atoms with E-state index in [2.05, 4.69) is 10.0 Å². The molecule has 0 radical (unpaired) electrons. The van der Waals surface area contributed by atoms with E-state index in [1.54, 1.807) is 17.5 Å². The fourth-order valence-electron chi connectivity index (χ4n) is 2.02. The minimum Gasteiger partial charge on any atom is -0.494 e. The maximum atomic E-state index is 11.9. The Hall–Kier alpha value is -1.90. The van der Waals surface area contributed by atoms with Gasteiger partial charge in [-0.1, -0.05) is 23.8 Å². The third kappa shape index (κ3) is 6.85. The summed E-state index contributed by atoms with van der Waals surface area (Å²) in [5.74, 6) is 0.664. The molecule has 8 heteroatoms. The molecule has 0 fully saturated rings. The Morgan fingerprint density at radius 2 is 1.92 bits per heavy atom. The normalized spacial score (nSPS) is 11.2. The van der Waals surface area contributed by atoms with Crippen molar-refractivity contribution >= 4 is 27.3 Å². The number of benzene rings is 1. The molecule has 0 bridgehead atoms. The van der Waals surface area contributed by atoms with Gasteiger partial charge in [0.1, 0.15) is 9.96 Å². The van der Waals surface area contributed by atoms with Crippen LogP contribution in [0, 0.1) is 6.92 Å². The Balaban J connectivity index is 1.56. The van der Waals surface area contributed by atoms with Crippen molar-refractivity contribution < 1.29 is 17.9 Å². The maximum absolute atomic E-state index is 11.9. The first-order chi connectivity index (χ1) is 12.0. The van der Waals surface area contributed by atoms with Crippen LogP contribution in [0.15, 0.2) is 46.0 Å². The molecule has 1 amide bonds. The van der Waals surface area contributed by atoms with Crippen LogP contribution in [0.5, 0.6) is 5.75 Å². The maximum Gasteiger partial charge on any atom is 0.250 e. The summed E-state index contributed by atoms with van der Waals surface area (Å²) in [5, 5.41) is 4.39. The second-order valence-corrected chi connectivity index (χ2v) is 8.39. The number of aryl methyl sites for hydroxylation is 1. The quantitative estimate of drug-likeness (QED) is 0.618. The molecule has 6 nitrogen and oxygen atoms in total. The number of rotatable bonds is 10. The van der Waals surface area contributed by atoms with E-state index in [1.165, 1.54) is 5.56 Å². The average Bonchev–Trinajstić information content (AvgIpc) is 3.13. The van der Waals surface area contributed by atoms with Crippen LogP contribution >= 0.6 is 11.3 Å². The molecule has 1 aromatic heterocycles. The minimum absolute atomic E-state index is 0.122. The highest BCUT2D eigenvalue weighted by atomic mass is 32.2. The van der Waals surface area contributed by atoms with Crippen molar-refractivity contribution in [2.24, 2.45) is 0 Å². The Morgan fingerprint density at radius 3 is 2.60 bits per heavy atom. The molecular formula is C17H22N2O4S2. The smallest absolute Gasteiger partial charge is 0.250 e. The number of nitrogens with one attached hydrogen (secondary N) is 2. The van der Waals surface area contributed by atoms with E-state index < -0.39 is 10.0 Å². The number of hydrogen-bond acceptors (Lipinski definition) is 5. The number of carbonyl (C=O) groups is 1. The lowest BCUT2D eigenvalue weighted by molar-refractivity contribution is -0.121. The third-order valence-electron chi connectivity index (χ3n) is 3.34. The van der Waals surface area contributed by atoms with Crippen molar-refractivity contribution in [3.8, 4) is 5.75 Å². The molecule has 0 unspecified atom stereocenters. The topological polar surface area (TPSA) is 84.5 Å². The Kier molecular flexibility index (Phi) is 7.42. The molecule has 0 aliphatic rings. The van der Waals surface area contributed by atoms with Gasteiger partial charge in [0, 0.05) is 19.5 Å². The number of hydrogen-bond donors (Lipinski definition) is 2. The second kappa shape index (κ2) is 9.55. The molecule has 0 aliphatic heterocycles. The molecule has 0 aliphatic carbocycles. The number of carbonyl (C=O) groups excluding carboxylic acids is 1. The van der Waals surface area contributed by atoms with E-state index >= 15 is 0 Å². The Labute approximate surface area is 152 Å². The van der Waals surface area contributed by atoms with E-state index in [0.29, 0.717) is 19.4 Å². The summed E-state index contributed by atoms with van der Waals surface area (Å²) < 4.78 is 32.0. The van der Waals surface area contributed by atoms with Crippen molar-refractivity contribution in [2.75, 3.05) is 19.7 Å². The summed E-state index contributed by atoms with van der Waals surface area (Å²) in [7, 11) is -3.47. The van der Waals surface area contributed by atoms with Gasteiger partial charge in [0.25, 0.3) is 0 Å². The average molecular weight is 383 g/mol. The van der Waals surface area contributed by atoms with Crippen LogP contribution in [-0.4, -0.2) is 34.0 Å². The van der Waals surface area contributed by atoms with Crippen LogP contribution < -0.4 is 14.8 Å². The van der Waals surface area contributed by atoms with Gasteiger partial charge in [-0.2, -0.15) is 0 Å². The van der Waals surface area contributed by atoms with Gasteiger partial charge in [-0.3, -0.25) is 4.79 Å². The summed E-state index contributed by atoms with van der Waals surface area (Å²) in [5.41, 5.74) is 1.17. The zero-order valence-corrected chi connectivity index (χ0v) is 15.7. The van der Waals surface area contributed by atoms with Gasteiger partial charge in [0.2, 0.25) is 15.9 Å². The van der Waals surface area contributed by atoms with Crippen LogP contribution in [-0.2, 0) is 14.8 Å². The van der Waals surface area contributed by atoms with Crippen molar-refractivity contribution in [3.05, 3.63) is 47.3 Å². The van der Waals surface area contributed by atoms with Gasteiger partial charge in [-0.05, 0) is 36.9 Å². The molecule has 0 saturated heterocycles. The SMILES string of the molecule is Cc1ccc(OCCCC(=O)NCCNS(=O)(=O)c2cccs2)cc1. The lowest BCUT2D eigenvalue weighted by Crippen LogP contribution is -2.34. The van der Waals surface area contributed by atoms with E-state index in [9.17, 15) is 13.2 Å². The first-order valence-electron chi connectivity index (χ1n) is 7.97. The molecule has 2 aromatic rings. The summed E-state index contributed by atoms with van der Waals surface area (Å²) in [6.45, 7) is 2.88. The summed E-state index contributed by atoms with van der Waals surface area (Å²) in [6.07, 6.45) is 0.935. The second-order valence-electron chi connectivity index (χ2n) is 5.44. The highest BCUT2D eigenvalue weighted by Crippen LogP contribution is 2.14. The molecule has 1 aromatic carbocycles. The van der Waals surface area contributed by atoms with Crippen LogP contribution in [0.2, 0.25) is 0 Å². The minimum atomic E-state index is -3.47. The fourth-order valence-corrected chi connectivity index (χ4v) is 4.09. The molecule has 136 valence electrons. The van der Waals surface area contributed by atoms with Crippen LogP contribution in [0.3, 0.4) is 0 Å². The van der Waals surface area contributed by atoms with Crippen LogP contribution in [0.4, 0.5) is 0 Å². The molecule has 0 atom stereocenters. The predicted octanol–water partition coefficient (Wildman–Crippen LogP) is 2.31. The zero-order valence-electron chi connectivity index (χ0n) is 14.0. The number of sulfonamides is 1. The molecule has 0 spiro atoms. The van der Waals surface area contributed by atoms with Gasteiger partial charge in [-0.15, -0.1) is 11.3 Å². The van der Waals surface area contributed by atoms with Gasteiger partial charge >= 0.3 is 0 Å². The largest absolute Gasteiger partial charge is 0.494 e. The van der Waals surface area contributed by atoms with E-state index in [0.717, 1.165) is 17.1 Å². The molecular weight excluding hydrogens is 360 g/mol. The lowest BCUT2D eigenvalue weighted by Gasteiger charge is -2.08. The fraction of sp³-hybridized carbons (Fsp3) is 0.353. The van der Waals surface area contributed by atoms with Gasteiger partial charge < -0.3 is 10.1 Å². The number of thiophene rings is 1. The van der Waals surface area contributed by atoms with E-state index in [-0.39, 0.29) is 23.2 Å². The highest BCUT2D eigenvalue weighted by molar-refractivity contribution is 7.91. The zero-order chi connectivity index (χ0) is 18.1. The van der Waals surface area contributed by atoms with Crippen molar-refractivity contribution in [1.29, 1.82) is 0 Å². The molecule has 2 N–H and O–H groups in total. The van der Waals surface area contributed by atoms with Gasteiger partial charge in [0.05, 0.1) is 6.61 Å². The van der Waals surface area contributed by atoms with Crippen molar-refractivity contribution in [2.45, 2.75) is 24.0 Å². The molecule has 0 saturated carbocycles. The van der Waals surface area contributed by atoms with Crippen LogP contribution in [0.25, 0.3) is 0 Å². The van der Waals surface area contributed by atoms with E-state index in [1.807, 2.05) is 31.2 Å². The molecule has 2 rings (SSSR count). The van der Waals surface area contributed by atoms with Crippen molar-refractivity contribution in [3.63, 3.8) is 0 Å². The first kappa shape index (κ1) is 19.4. The van der Waals surface area contributed by atoms with E-state index in [4.69, 9.17) is 4.74 Å². The standard InChI is InChI=1S/C17H22N2O4S2/c1-14-6-8-15(9-7-14)23-12-2-4-16(20)18-10-11-19-25(21,22)17-5-3-13-24-17/h3,5-9,13,19H,2,4,10-12H2,1H3,(H,18,20).